The third kappa shape index (κ3) is 5.79. The molecule has 4 heteroatoms. The Morgan fingerprint density at radius 3 is 2.46 bits per heavy atom. The maximum Gasteiger partial charge on any atom is 0.105 e. The first-order valence-electron chi connectivity index (χ1n) is 9.48. The molecule has 0 amide bonds. The van der Waals surface area contributed by atoms with E-state index in [1.807, 2.05) is 35.7 Å². The van der Waals surface area contributed by atoms with E-state index in [-0.39, 0.29) is 0 Å². The number of aliphatic imine (C=N–C) groups is 1. The van der Waals surface area contributed by atoms with Gasteiger partial charge in [-0.3, -0.25) is 0 Å². The van der Waals surface area contributed by atoms with Crippen LogP contribution in [0, 0.1) is 12.8 Å². The second-order valence-electron chi connectivity index (χ2n) is 7.39. The Bertz CT molecular complexity index is 905. The van der Waals surface area contributed by atoms with Gasteiger partial charge in [-0.15, -0.1) is 11.8 Å². The topological polar surface area (TPSA) is 12.4 Å². The monoisotopic (exact) mass is 427 g/mol. The predicted octanol–water partition coefficient (Wildman–Crippen LogP) is 8.56. The molecular formula is C24H26ClNS2. The van der Waals surface area contributed by atoms with Crippen molar-refractivity contribution < 1.29 is 0 Å². The molecule has 0 bridgehead atoms. The highest BCUT2D eigenvalue weighted by atomic mass is 35.5. The number of halogens is 1. The van der Waals surface area contributed by atoms with Gasteiger partial charge in [-0.25, -0.2) is 4.99 Å². The summed E-state index contributed by atoms with van der Waals surface area (Å²) in [5, 5.41) is 4.22. The Balaban J connectivity index is 1.85. The molecule has 1 saturated heterocycles. The zero-order valence-corrected chi connectivity index (χ0v) is 19.2. The van der Waals surface area contributed by atoms with E-state index in [1.54, 1.807) is 0 Å². The number of hydrogen-bond donors (Lipinski definition) is 0. The van der Waals surface area contributed by atoms with Gasteiger partial charge in [0.25, 0.3) is 0 Å². The van der Waals surface area contributed by atoms with Crippen LogP contribution in [0.3, 0.4) is 0 Å². The lowest BCUT2D eigenvalue weighted by Gasteiger charge is -2.26. The molecule has 1 heterocycles. The third-order valence-electron chi connectivity index (χ3n) is 4.69. The third-order valence-corrected chi connectivity index (χ3v) is 7.20. The minimum Gasteiger partial charge on any atom is -0.241 e. The van der Waals surface area contributed by atoms with Gasteiger partial charge in [0, 0.05) is 10.8 Å². The standard InChI is InChI=1S/C24H26ClNS2/c1-16(2)23-13-18(4)22(15-27-14-19-7-9-20(25)10-8-19)24(28-23)26-21-11-5-17(3)6-12-21/h5-12,15,18H,13-14H2,1-4H3/b22-15+,26-24?. The lowest BCUT2D eigenvalue weighted by molar-refractivity contribution is 0.710. The van der Waals surface area contributed by atoms with Crippen LogP contribution in [-0.2, 0) is 5.75 Å². The fraction of sp³-hybridized carbons (Fsp3) is 0.292. The molecule has 0 N–H and O–H groups in total. The molecule has 3 rings (SSSR count). The SMILES string of the molecule is CC(C)=C1CC(C)/C(=C\SCc2ccc(Cl)cc2)C(=Nc2ccc(C)cc2)S1. The van der Waals surface area contributed by atoms with Crippen LogP contribution in [0.15, 0.2) is 75.0 Å². The predicted molar refractivity (Wildman–Crippen MR) is 129 cm³/mol. The summed E-state index contributed by atoms with van der Waals surface area (Å²) in [6.45, 7) is 8.81. The smallest absolute Gasteiger partial charge is 0.105 e. The molecule has 1 nitrogen and oxygen atoms in total. The number of thioether (sulfide) groups is 2. The molecule has 1 aliphatic heterocycles. The van der Waals surface area contributed by atoms with Gasteiger partial charge in [0.2, 0.25) is 0 Å². The van der Waals surface area contributed by atoms with Gasteiger partial charge in [0.15, 0.2) is 0 Å². The minimum absolute atomic E-state index is 0.466. The first kappa shape index (κ1) is 21.3. The Labute approximate surface area is 182 Å². The van der Waals surface area contributed by atoms with Gasteiger partial charge in [-0.05, 0) is 78.8 Å². The maximum atomic E-state index is 5.99. The number of hydrogen-bond acceptors (Lipinski definition) is 3. The molecule has 28 heavy (non-hydrogen) atoms. The average molecular weight is 428 g/mol. The molecule has 0 saturated carbocycles. The second kappa shape index (κ2) is 9.87. The molecule has 2 aromatic rings. The largest absolute Gasteiger partial charge is 0.241 e. The summed E-state index contributed by atoms with van der Waals surface area (Å²) in [6, 6.07) is 16.5. The molecule has 1 unspecified atom stereocenters. The van der Waals surface area contributed by atoms with Crippen LogP contribution >= 0.6 is 35.1 Å². The van der Waals surface area contributed by atoms with Crippen LogP contribution in [-0.4, -0.2) is 5.04 Å². The van der Waals surface area contributed by atoms with Crippen LogP contribution in [0.2, 0.25) is 5.02 Å². The molecular weight excluding hydrogens is 402 g/mol. The van der Waals surface area contributed by atoms with Crippen LogP contribution in [0.1, 0.15) is 38.3 Å². The fourth-order valence-electron chi connectivity index (χ4n) is 2.92. The number of allylic oxidation sites excluding steroid dienone is 2. The van der Waals surface area contributed by atoms with Gasteiger partial charge < -0.3 is 0 Å². The summed E-state index contributed by atoms with van der Waals surface area (Å²) in [4.78, 5) is 6.45. The summed E-state index contributed by atoms with van der Waals surface area (Å²) >= 11 is 9.65. The number of benzene rings is 2. The number of aryl methyl sites for hydroxylation is 1. The maximum absolute atomic E-state index is 5.99. The zero-order valence-electron chi connectivity index (χ0n) is 16.8. The molecule has 1 atom stereocenters. The Morgan fingerprint density at radius 1 is 1.14 bits per heavy atom. The van der Waals surface area contributed by atoms with E-state index >= 15 is 0 Å². The summed E-state index contributed by atoms with van der Waals surface area (Å²) in [6.07, 6.45) is 1.09. The van der Waals surface area contributed by atoms with Crippen molar-refractivity contribution in [2.24, 2.45) is 10.9 Å². The van der Waals surface area contributed by atoms with Crippen molar-refractivity contribution in [2.45, 2.75) is 39.9 Å². The number of rotatable bonds is 4. The van der Waals surface area contributed by atoms with Crippen molar-refractivity contribution in [2.75, 3.05) is 0 Å². The van der Waals surface area contributed by atoms with Gasteiger partial charge in [-0.1, -0.05) is 65.7 Å². The van der Waals surface area contributed by atoms with E-state index in [1.165, 1.54) is 27.2 Å². The van der Waals surface area contributed by atoms with Crippen molar-refractivity contribution in [3.05, 3.63) is 86.1 Å². The van der Waals surface area contributed by atoms with Crippen molar-refractivity contribution in [1.29, 1.82) is 0 Å². The van der Waals surface area contributed by atoms with E-state index in [2.05, 4.69) is 69.5 Å². The van der Waals surface area contributed by atoms with Crippen molar-refractivity contribution in [3.8, 4) is 0 Å². The van der Waals surface area contributed by atoms with Crippen LogP contribution in [0.4, 0.5) is 5.69 Å². The van der Waals surface area contributed by atoms with Gasteiger partial charge in [-0.2, -0.15) is 0 Å². The first-order chi connectivity index (χ1) is 13.4. The lowest BCUT2D eigenvalue weighted by Crippen LogP contribution is -2.15. The van der Waals surface area contributed by atoms with E-state index in [0.29, 0.717) is 5.92 Å². The number of nitrogens with zero attached hydrogens (tertiary/aromatic N) is 1. The van der Waals surface area contributed by atoms with Crippen molar-refractivity contribution in [3.63, 3.8) is 0 Å². The highest BCUT2D eigenvalue weighted by molar-refractivity contribution is 8.17. The molecule has 1 fully saturated rings. The van der Waals surface area contributed by atoms with E-state index in [4.69, 9.17) is 16.6 Å². The highest BCUT2D eigenvalue weighted by Gasteiger charge is 2.25. The summed E-state index contributed by atoms with van der Waals surface area (Å²) in [5.41, 5.74) is 6.29. The van der Waals surface area contributed by atoms with Gasteiger partial charge in [0.05, 0.1) is 5.69 Å². The zero-order chi connectivity index (χ0) is 20.1. The Kier molecular flexibility index (Phi) is 7.50. The van der Waals surface area contributed by atoms with Gasteiger partial charge in [0.1, 0.15) is 5.04 Å². The van der Waals surface area contributed by atoms with E-state index < -0.39 is 0 Å². The van der Waals surface area contributed by atoms with Crippen LogP contribution in [0.25, 0.3) is 0 Å². The first-order valence-corrected chi connectivity index (χ1v) is 11.7. The molecule has 1 aliphatic rings. The summed E-state index contributed by atoms with van der Waals surface area (Å²) in [7, 11) is 0. The van der Waals surface area contributed by atoms with Gasteiger partial charge >= 0.3 is 0 Å². The molecule has 2 aromatic carbocycles. The second-order valence-corrected chi connectivity index (χ2v) is 9.77. The quantitative estimate of drug-likeness (QED) is 0.484. The minimum atomic E-state index is 0.466. The fourth-order valence-corrected chi connectivity index (χ4v) is 5.41. The normalized spacial score (nSPS) is 20.0. The molecule has 0 aromatic heterocycles. The molecule has 146 valence electrons. The summed E-state index contributed by atoms with van der Waals surface area (Å²) < 4.78 is 0. The molecule has 0 aliphatic carbocycles. The van der Waals surface area contributed by atoms with Crippen LogP contribution < -0.4 is 0 Å². The lowest BCUT2D eigenvalue weighted by atomic mass is 9.97. The van der Waals surface area contributed by atoms with Crippen molar-refractivity contribution >= 4 is 45.9 Å². The molecule has 0 radical (unpaired) electrons. The average Bonchev–Trinajstić information content (AvgIpc) is 2.67. The van der Waals surface area contributed by atoms with Crippen LogP contribution in [0.5, 0.6) is 0 Å². The Hall–Kier alpha value is -1.42. The Morgan fingerprint density at radius 2 is 1.82 bits per heavy atom. The highest BCUT2D eigenvalue weighted by Crippen LogP contribution is 2.42. The van der Waals surface area contributed by atoms with E-state index in [0.717, 1.165) is 27.9 Å². The summed E-state index contributed by atoms with van der Waals surface area (Å²) in [5.74, 6) is 1.40. The molecule has 0 spiro atoms. The van der Waals surface area contributed by atoms with Crippen molar-refractivity contribution in [1.82, 2.24) is 0 Å². The van der Waals surface area contributed by atoms with E-state index in [9.17, 15) is 0 Å².